The molecule has 1 unspecified atom stereocenters. The normalized spacial score (nSPS) is 12.1. The molecule has 0 aromatic carbocycles. The second kappa shape index (κ2) is 13.9. The van der Waals surface area contributed by atoms with Gasteiger partial charge in [-0.05, 0) is 25.7 Å². The van der Waals surface area contributed by atoms with Crippen molar-refractivity contribution in [3.63, 3.8) is 0 Å². The van der Waals surface area contributed by atoms with E-state index in [-0.39, 0.29) is 11.9 Å². The number of hydrogen-bond acceptors (Lipinski definition) is 3. The van der Waals surface area contributed by atoms with E-state index in [4.69, 9.17) is 9.84 Å². The lowest BCUT2D eigenvalue weighted by atomic mass is 9.95. The van der Waals surface area contributed by atoms with Gasteiger partial charge in [0.05, 0.1) is 12.5 Å². The highest BCUT2D eigenvalue weighted by molar-refractivity contribution is 5.70. The number of rotatable bonds is 14. The monoisotopic (exact) mass is 300 g/mol. The molecule has 4 nitrogen and oxygen atoms in total. The average molecular weight is 300 g/mol. The van der Waals surface area contributed by atoms with Gasteiger partial charge in [-0.3, -0.25) is 9.59 Å². The molecule has 0 saturated carbocycles. The first kappa shape index (κ1) is 19.9. The van der Waals surface area contributed by atoms with E-state index >= 15 is 0 Å². The zero-order chi connectivity index (χ0) is 15.9. The highest BCUT2D eigenvalue weighted by atomic mass is 16.5. The molecule has 1 N–H and O–H groups in total. The lowest BCUT2D eigenvalue weighted by Crippen LogP contribution is -2.13. The SMILES string of the molecule is CCCCOC(=O)CCCCCCC(CCCC)C(=O)O. The molecular formula is C17H32O4. The summed E-state index contributed by atoms with van der Waals surface area (Å²) in [7, 11) is 0. The largest absolute Gasteiger partial charge is 0.481 e. The number of ether oxygens (including phenoxy) is 1. The summed E-state index contributed by atoms with van der Waals surface area (Å²) in [4.78, 5) is 22.4. The number of hydrogen-bond donors (Lipinski definition) is 1. The van der Waals surface area contributed by atoms with Crippen LogP contribution >= 0.6 is 0 Å². The fourth-order valence-electron chi connectivity index (χ4n) is 2.26. The molecule has 0 saturated heterocycles. The molecule has 0 aliphatic carbocycles. The molecule has 21 heavy (non-hydrogen) atoms. The first-order valence-corrected chi connectivity index (χ1v) is 8.50. The van der Waals surface area contributed by atoms with Gasteiger partial charge in [0, 0.05) is 6.42 Å². The number of carbonyl (C=O) groups is 2. The van der Waals surface area contributed by atoms with E-state index in [0.717, 1.165) is 64.2 Å². The summed E-state index contributed by atoms with van der Waals surface area (Å²) in [5, 5.41) is 9.12. The third-order valence-corrected chi connectivity index (χ3v) is 3.70. The van der Waals surface area contributed by atoms with Crippen LogP contribution in [0.4, 0.5) is 0 Å². The summed E-state index contributed by atoms with van der Waals surface area (Å²) in [6, 6.07) is 0. The van der Waals surface area contributed by atoms with Gasteiger partial charge in [-0.25, -0.2) is 0 Å². The minimum atomic E-state index is -0.664. The molecule has 0 spiro atoms. The Bertz CT molecular complexity index is 276. The maximum atomic E-state index is 11.4. The molecule has 0 radical (unpaired) electrons. The van der Waals surface area contributed by atoms with Gasteiger partial charge in [0.2, 0.25) is 0 Å². The highest BCUT2D eigenvalue weighted by Crippen LogP contribution is 2.17. The number of unbranched alkanes of at least 4 members (excludes halogenated alkanes) is 5. The number of aliphatic carboxylic acids is 1. The molecule has 0 heterocycles. The summed E-state index contributed by atoms with van der Waals surface area (Å²) >= 11 is 0. The molecule has 124 valence electrons. The van der Waals surface area contributed by atoms with Crippen molar-refractivity contribution in [2.24, 2.45) is 5.92 Å². The van der Waals surface area contributed by atoms with Crippen LogP contribution in [-0.2, 0) is 14.3 Å². The molecule has 0 amide bonds. The van der Waals surface area contributed by atoms with E-state index < -0.39 is 5.97 Å². The summed E-state index contributed by atoms with van der Waals surface area (Å²) in [6.45, 7) is 4.68. The molecule has 0 aromatic heterocycles. The van der Waals surface area contributed by atoms with E-state index in [1.165, 1.54) is 0 Å². The van der Waals surface area contributed by atoms with Crippen molar-refractivity contribution >= 4 is 11.9 Å². The van der Waals surface area contributed by atoms with Crippen LogP contribution in [0.2, 0.25) is 0 Å². The Morgan fingerprint density at radius 2 is 1.52 bits per heavy atom. The summed E-state index contributed by atoms with van der Waals surface area (Å²) in [6.07, 6.45) is 9.79. The van der Waals surface area contributed by atoms with Crippen LogP contribution in [0.3, 0.4) is 0 Å². The molecule has 4 heteroatoms. The zero-order valence-corrected chi connectivity index (χ0v) is 13.7. The molecule has 0 aliphatic heterocycles. The number of carboxylic acids is 1. The van der Waals surface area contributed by atoms with Gasteiger partial charge in [0.15, 0.2) is 0 Å². The highest BCUT2D eigenvalue weighted by Gasteiger charge is 2.15. The van der Waals surface area contributed by atoms with E-state index in [2.05, 4.69) is 13.8 Å². The van der Waals surface area contributed by atoms with Crippen molar-refractivity contribution in [2.45, 2.75) is 84.5 Å². The molecule has 0 aromatic rings. The van der Waals surface area contributed by atoms with E-state index in [9.17, 15) is 9.59 Å². The summed E-state index contributed by atoms with van der Waals surface area (Å²) in [5.41, 5.74) is 0. The quantitative estimate of drug-likeness (QED) is 0.377. The Morgan fingerprint density at radius 1 is 0.905 bits per heavy atom. The zero-order valence-electron chi connectivity index (χ0n) is 13.7. The van der Waals surface area contributed by atoms with Crippen LogP contribution in [0.25, 0.3) is 0 Å². The molecule has 0 aliphatic rings. The second-order valence-electron chi connectivity index (χ2n) is 5.70. The fraction of sp³-hybridized carbons (Fsp3) is 0.882. The van der Waals surface area contributed by atoms with Crippen LogP contribution in [0, 0.1) is 5.92 Å². The standard InChI is InChI=1S/C17H32O4/c1-3-5-11-15(17(19)20)12-9-7-8-10-13-16(18)21-14-6-4-2/h15H,3-14H2,1-2H3,(H,19,20). The van der Waals surface area contributed by atoms with E-state index in [1.807, 2.05) is 0 Å². The predicted molar refractivity (Wildman–Crippen MR) is 84.2 cm³/mol. The smallest absolute Gasteiger partial charge is 0.306 e. The third-order valence-electron chi connectivity index (χ3n) is 3.70. The number of carboxylic acid groups (broad SMARTS) is 1. The predicted octanol–water partition coefficient (Wildman–Crippen LogP) is 4.56. The van der Waals surface area contributed by atoms with Crippen molar-refractivity contribution in [3.8, 4) is 0 Å². The number of carbonyl (C=O) groups excluding carboxylic acids is 1. The lowest BCUT2D eigenvalue weighted by molar-refractivity contribution is -0.144. The minimum absolute atomic E-state index is 0.102. The summed E-state index contributed by atoms with van der Waals surface area (Å²) in [5.74, 6) is -0.957. The van der Waals surface area contributed by atoms with Gasteiger partial charge >= 0.3 is 11.9 Å². The number of esters is 1. The minimum Gasteiger partial charge on any atom is -0.481 e. The molecule has 0 rings (SSSR count). The van der Waals surface area contributed by atoms with Crippen molar-refractivity contribution in [1.29, 1.82) is 0 Å². The van der Waals surface area contributed by atoms with Gasteiger partial charge in [0.1, 0.15) is 0 Å². The van der Waals surface area contributed by atoms with Crippen LogP contribution < -0.4 is 0 Å². The van der Waals surface area contributed by atoms with Crippen molar-refractivity contribution in [1.82, 2.24) is 0 Å². The second-order valence-corrected chi connectivity index (χ2v) is 5.70. The van der Waals surface area contributed by atoms with Crippen LogP contribution in [0.5, 0.6) is 0 Å². The van der Waals surface area contributed by atoms with Crippen molar-refractivity contribution in [3.05, 3.63) is 0 Å². The lowest BCUT2D eigenvalue weighted by Gasteiger charge is -2.11. The Kier molecular flexibility index (Phi) is 13.2. The third kappa shape index (κ3) is 12.4. The maximum absolute atomic E-state index is 11.4. The van der Waals surface area contributed by atoms with Crippen molar-refractivity contribution in [2.75, 3.05) is 6.61 Å². The maximum Gasteiger partial charge on any atom is 0.306 e. The Balaban J connectivity index is 3.52. The Labute approximate surface area is 129 Å². The van der Waals surface area contributed by atoms with Crippen LogP contribution in [0.1, 0.15) is 84.5 Å². The topological polar surface area (TPSA) is 63.6 Å². The fourth-order valence-corrected chi connectivity index (χ4v) is 2.26. The molecular weight excluding hydrogens is 268 g/mol. The summed E-state index contributed by atoms with van der Waals surface area (Å²) < 4.78 is 5.09. The van der Waals surface area contributed by atoms with Gasteiger partial charge in [-0.2, -0.15) is 0 Å². The molecule has 1 atom stereocenters. The van der Waals surface area contributed by atoms with Gasteiger partial charge in [-0.1, -0.05) is 52.4 Å². The molecule has 0 bridgehead atoms. The Hall–Kier alpha value is -1.06. The first-order chi connectivity index (χ1) is 10.1. The van der Waals surface area contributed by atoms with Gasteiger partial charge in [-0.15, -0.1) is 0 Å². The Morgan fingerprint density at radius 3 is 2.14 bits per heavy atom. The van der Waals surface area contributed by atoms with E-state index in [0.29, 0.717) is 13.0 Å². The van der Waals surface area contributed by atoms with Gasteiger partial charge < -0.3 is 9.84 Å². The average Bonchev–Trinajstić information content (AvgIpc) is 2.45. The first-order valence-electron chi connectivity index (χ1n) is 8.50. The van der Waals surface area contributed by atoms with Crippen molar-refractivity contribution < 1.29 is 19.4 Å². The van der Waals surface area contributed by atoms with Gasteiger partial charge in [0.25, 0.3) is 0 Å². The molecule has 0 fully saturated rings. The van der Waals surface area contributed by atoms with E-state index in [1.54, 1.807) is 0 Å². The van der Waals surface area contributed by atoms with Crippen LogP contribution in [0.15, 0.2) is 0 Å². The van der Waals surface area contributed by atoms with Crippen LogP contribution in [-0.4, -0.2) is 23.7 Å².